The Bertz CT molecular complexity index is 823. The lowest BCUT2D eigenvalue weighted by Crippen LogP contribution is -2.44. The molecule has 1 aromatic rings. The summed E-state index contributed by atoms with van der Waals surface area (Å²) in [5.41, 5.74) is 1.49. The van der Waals surface area contributed by atoms with Gasteiger partial charge in [-0.25, -0.2) is 0 Å². The number of carbonyl (C=O) groups is 2. The van der Waals surface area contributed by atoms with Gasteiger partial charge in [0.1, 0.15) is 6.10 Å². The van der Waals surface area contributed by atoms with Crippen molar-refractivity contribution in [2.45, 2.75) is 43.7 Å². The molecule has 156 valence electrons. The van der Waals surface area contributed by atoms with Gasteiger partial charge in [-0.2, -0.15) is 0 Å². The Balaban J connectivity index is 1.69. The molecule has 5 atom stereocenters. The van der Waals surface area contributed by atoms with Crippen LogP contribution in [0.25, 0.3) is 0 Å². The zero-order valence-corrected chi connectivity index (χ0v) is 18.1. The number of ether oxygens (including phenoxy) is 1. The largest absolute Gasteiger partial charge is 0.483 e. The molecule has 6 heteroatoms. The van der Waals surface area contributed by atoms with Crippen molar-refractivity contribution in [3.63, 3.8) is 0 Å². The Morgan fingerprint density at radius 2 is 1.90 bits per heavy atom. The van der Waals surface area contributed by atoms with Gasteiger partial charge in [0, 0.05) is 11.9 Å². The van der Waals surface area contributed by atoms with Crippen LogP contribution in [-0.4, -0.2) is 60.2 Å². The van der Waals surface area contributed by atoms with Crippen LogP contribution in [0.3, 0.4) is 0 Å². The molecule has 5 nitrogen and oxygen atoms in total. The number of hydrogen-bond donors (Lipinski definition) is 0. The van der Waals surface area contributed by atoms with Gasteiger partial charge >= 0.3 is 0 Å². The highest BCUT2D eigenvalue weighted by molar-refractivity contribution is 6.21. The van der Waals surface area contributed by atoms with E-state index in [2.05, 4.69) is 11.8 Å². The average Bonchev–Trinajstić information content (AvgIpc) is 2.97. The van der Waals surface area contributed by atoms with Crippen molar-refractivity contribution in [3.8, 4) is 0 Å². The highest BCUT2D eigenvalue weighted by Crippen LogP contribution is 2.48. The van der Waals surface area contributed by atoms with Crippen LogP contribution >= 0.6 is 11.6 Å². The highest BCUT2D eigenvalue weighted by atomic mass is 35.5. The van der Waals surface area contributed by atoms with E-state index in [-0.39, 0.29) is 46.8 Å². The second-order valence-corrected chi connectivity index (χ2v) is 9.36. The molecular weight excluding hydrogens is 388 g/mol. The Morgan fingerprint density at radius 1 is 1.17 bits per heavy atom. The molecule has 3 aliphatic rings. The van der Waals surface area contributed by atoms with Crippen LogP contribution in [0.1, 0.15) is 37.8 Å². The maximum Gasteiger partial charge on any atom is 0.290 e. The zero-order valence-electron chi connectivity index (χ0n) is 17.3. The number of benzene rings is 1. The van der Waals surface area contributed by atoms with Gasteiger partial charge in [-0.3, -0.25) is 9.59 Å². The fourth-order valence-corrected chi connectivity index (χ4v) is 5.13. The molecule has 1 fully saturated rings. The van der Waals surface area contributed by atoms with Gasteiger partial charge in [-0.1, -0.05) is 37.3 Å². The Kier molecular flexibility index (Phi) is 5.71. The number of fused-ring (bicyclic) bond motifs is 1. The fraction of sp³-hybridized carbons (Fsp3) is 0.565. The van der Waals surface area contributed by atoms with E-state index in [4.69, 9.17) is 16.3 Å². The van der Waals surface area contributed by atoms with Crippen LogP contribution in [-0.2, 0) is 14.3 Å². The first-order chi connectivity index (χ1) is 13.9. The van der Waals surface area contributed by atoms with E-state index in [1.54, 1.807) is 0 Å². The summed E-state index contributed by atoms with van der Waals surface area (Å²) in [4.78, 5) is 30.8. The standard InChI is InChI=1S/C23H29ClN2O3/c1-14-12-18-16(13-17(14)24)21(27)19-20(15-8-5-4-6-9-15)26(11-7-10-25(2)3)23(28)22(19)29-18/h4-6,8-9,14,16-18,20H,7,10-13H2,1-3H3. The van der Waals surface area contributed by atoms with Gasteiger partial charge in [0.25, 0.3) is 5.91 Å². The third-order valence-corrected chi connectivity index (χ3v) is 7.03. The molecule has 1 aliphatic carbocycles. The predicted molar refractivity (Wildman–Crippen MR) is 113 cm³/mol. The molecule has 2 heterocycles. The summed E-state index contributed by atoms with van der Waals surface area (Å²) in [5.74, 6) is 0.181. The van der Waals surface area contributed by atoms with Crippen molar-refractivity contribution in [1.29, 1.82) is 0 Å². The molecule has 1 aromatic carbocycles. The van der Waals surface area contributed by atoms with Crippen LogP contribution in [0.2, 0.25) is 0 Å². The van der Waals surface area contributed by atoms with E-state index in [9.17, 15) is 9.59 Å². The first-order valence-corrected chi connectivity index (χ1v) is 10.9. The molecule has 2 aliphatic heterocycles. The Hall–Kier alpha value is -1.85. The second kappa shape index (κ2) is 8.11. The van der Waals surface area contributed by atoms with Crippen molar-refractivity contribution in [3.05, 3.63) is 47.2 Å². The van der Waals surface area contributed by atoms with Crippen LogP contribution in [0.4, 0.5) is 0 Å². The Labute approximate surface area is 177 Å². The minimum Gasteiger partial charge on any atom is -0.483 e. The summed E-state index contributed by atoms with van der Waals surface area (Å²) >= 11 is 6.50. The first kappa shape index (κ1) is 20.4. The van der Waals surface area contributed by atoms with E-state index < -0.39 is 0 Å². The van der Waals surface area contributed by atoms with Crippen molar-refractivity contribution < 1.29 is 14.3 Å². The second-order valence-electron chi connectivity index (χ2n) is 8.80. The summed E-state index contributed by atoms with van der Waals surface area (Å²) in [5, 5.41) is -0.0329. The highest BCUT2D eigenvalue weighted by Gasteiger charge is 2.53. The smallest absolute Gasteiger partial charge is 0.290 e. The third kappa shape index (κ3) is 3.71. The van der Waals surface area contributed by atoms with Crippen LogP contribution in [0.15, 0.2) is 41.7 Å². The molecule has 5 unspecified atom stereocenters. The number of rotatable bonds is 5. The van der Waals surface area contributed by atoms with Crippen molar-refractivity contribution in [1.82, 2.24) is 9.80 Å². The lowest BCUT2D eigenvalue weighted by atomic mass is 9.74. The van der Waals surface area contributed by atoms with Gasteiger partial charge in [0.2, 0.25) is 0 Å². The number of alkyl halides is 1. The summed E-state index contributed by atoms with van der Waals surface area (Å²) in [6.45, 7) is 3.55. The minimum atomic E-state index is -0.373. The minimum absolute atomic E-state index is 0.0329. The van der Waals surface area contributed by atoms with Gasteiger partial charge in [-0.05, 0) is 51.4 Å². The lowest BCUT2D eigenvalue weighted by molar-refractivity contribution is -0.136. The summed E-state index contributed by atoms with van der Waals surface area (Å²) in [6, 6.07) is 9.44. The van der Waals surface area contributed by atoms with Gasteiger partial charge in [0.05, 0.1) is 17.5 Å². The van der Waals surface area contributed by atoms with Gasteiger partial charge < -0.3 is 14.5 Å². The molecule has 0 N–H and O–H groups in total. The number of amides is 1. The SMILES string of the molecule is CC1CC2OC3=C(C(=O)C2CC1Cl)C(c1ccccc1)N(CCCN(C)C)C3=O. The number of halogens is 1. The number of ketones is 1. The van der Waals surface area contributed by atoms with E-state index in [0.717, 1.165) is 18.5 Å². The Morgan fingerprint density at radius 3 is 2.59 bits per heavy atom. The summed E-state index contributed by atoms with van der Waals surface area (Å²) < 4.78 is 6.22. The number of hydrogen-bond acceptors (Lipinski definition) is 4. The topological polar surface area (TPSA) is 49.9 Å². The predicted octanol–water partition coefficient (Wildman–Crippen LogP) is 3.40. The zero-order chi connectivity index (χ0) is 20.7. The van der Waals surface area contributed by atoms with E-state index in [0.29, 0.717) is 25.0 Å². The van der Waals surface area contributed by atoms with Crippen molar-refractivity contribution >= 4 is 23.3 Å². The molecule has 0 saturated heterocycles. The van der Waals surface area contributed by atoms with Crippen LogP contribution in [0.5, 0.6) is 0 Å². The molecule has 0 radical (unpaired) electrons. The normalized spacial score (nSPS) is 31.8. The van der Waals surface area contributed by atoms with E-state index >= 15 is 0 Å². The van der Waals surface area contributed by atoms with Crippen LogP contribution < -0.4 is 0 Å². The molecule has 29 heavy (non-hydrogen) atoms. The lowest BCUT2D eigenvalue weighted by Gasteiger charge is -2.40. The third-order valence-electron chi connectivity index (χ3n) is 6.43. The molecule has 0 aromatic heterocycles. The molecular formula is C23H29ClN2O3. The fourth-order valence-electron chi connectivity index (χ4n) is 4.84. The molecule has 1 amide bonds. The number of nitrogens with zero attached hydrogens (tertiary/aromatic N) is 2. The summed E-state index contributed by atoms with van der Waals surface area (Å²) in [7, 11) is 4.04. The first-order valence-electron chi connectivity index (χ1n) is 10.5. The van der Waals surface area contributed by atoms with Crippen molar-refractivity contribution in [2.75, 3.05) is 27.2 Å². The average molecular weight is 417 g/mol. The van der Waals surface area contributed by atoms with E-state index in [1.165, 1.54) is 0 Å². The molecule has 0 bridgehead atoms. The van der Waals surface area contributed by atoms with Gasteiger partial charge in [0.15, 0.2) is 11.5 Å². The van der Waals surface area contributed by atoms with Crippen molar-refractivity contribution in [2.24, 2.45) is 11.8 Å². The number of Topliss-reactive ketones (excluding diaryl/α,β-unsaturated/α-hetero) is 1. The molecule has 1 saturated carbocycles. The van der Waals surface area contributed by atoms with Gasteiger partial charge in [-0.15, -0.1) is 11.6 Å². The monoisotopic (exact) mass is 416 g/mol. The van der Waals surface area contributed by atoms with Crippen LogP contribution in [0, 0.1) is 11.8 Å². The van der Waals surface area contributed by atoms with E-state index in [1.807, 2.05) is 49.3 Å². The molecule has 0 spiro atoms. The maximum atomic E-state index is 13.6. The quantitative estimate of drug-likeness (QED) is 0.690. The maximum absolute atomic E-state index is 13.6. The number of carbonyl (C=O) groups excluding carboxylic acids is 2. The molecule has 4 rings (SSSR count). The summed E-state index contributed by atoms with van der Waals surface area (Å²) in [6.07, 6.45) is 1.92.